The van der Waals surface area contributed by atoms with Crippen LogP contribution in [0.5, 0.6) is 0 Å². The maximum absolute atomic E-state index is 12.8. The lowest BCUT2D eigenvalue weighted by molar-refractivity contribution is 0.0180. The van der Waals surface area contributed by atoms with Gasteiger partial charge in [-0.15, -0.1) is 0 Å². The van der Waals surface area contributed by atoms with Crippen LogP contribution in [0.2, 0.25) is 0 Å². The molecule has 0 unspecified atom stereocenters. The van der Waals surface area contributed by atoms with Crippen LogP contribution in [-0.2, 0) is 9.47 Å². The van der Waals surface area contributed by atoms with Crippen LogP contribution in [0.25, 0.3) is 0 Å². The van der Waals surface area contributed by atoms with E-state index < -0.39 is 11.9 Å². The smallest absolute Gasteiger partial charge is 0.340 e. The van der Waals surface area contributed by atoms with Crippen LogP contribution in [0, 0.1) is 0 Å². The van der Waals surface area contributed by atoms with Crippen molar-refractivity contribution < 1.29 is 19.1 Å². The predicted octanol–water partition coefficient (Wildman–Crippen LogP) is 7.28. The van der Waals surface area contributed by atoms with E-state index in [-0.39, 0.29) is 24.6 Å². The summed E-state index contributed by atoms with van der Waals surface area (Å²) < 4.78 is 11.2. The van der Waals surface area contributed by atoms with Crippen molar-refractivity contribution in [3.63, 3.8) is 0 Å². The quantitative estimate of drug-likeness (QED) is 0.0939. The number of carbonyl (C=O) groups is 2. The fourth-order valence-electron chi connectivity index (χ4n) is 4.15. The van der Waals surface area contributed by atoms with Crippen LogP contribution >= 0.6 is 0 Å². The Bertz CT molecular complexity index is 651. The lowest BCUT2D eigenvalue weighted by atomic mass is 10.1. The van der Waals surface area contributed by atoms with Gasteiger partial charge in [0.2, 0.25) is 0 Å². The van der Waals surface area contributed by atoms with E-state index in [2.05, 4.69) is 37.5 Å². The van der Waals surface area contributed by atoms with Crippen LogP contribution < -0.4 is 0 Å². The highest BCUT2D eigenvalue weighted by Crippen LogP contribution is 2.14. The number of rotatable bonds is 22. The summed E-state index contributed by atoms with van der Waals surface area (Å²) in [6.45, 7) is 12.5. The number of carbonyl (C=O) groups excluding carboxylic acids is 2. The molecule has 0 heterocycles. The van der Waals surface area contributed by atoms with Gasteiger partial charge >= 0.3 is 11.9 Å². The predicted molar refractivity (Wildman–Crippen MR) is 148 cm³/mol. The van der Waals surface area contributed by atoms with Crippen molar-refractivity contribution in [2.24, 2.45) is 0 Å². The third kappa shape index (κ3) is 14.0. The van der Waals surface area contributed by atoms with Gasteiger partial charge in [0.1, 0.15) is 13.5 Å². The minimum atomic E-state index is -0.483. The van der Waals surface area contributed by atoms with E-state index in [1.165, 1.54) is 64.2 Å². The summed E-state index contributed by atoms with van der Waals surface area (Å²) >= 11 is 0. The van der Waals surface area contributed by atoms with Crippen molar-refractivity contribution in [2.45, 2.75) is 105 Å². The summed E-state index contributed by atoms with van der Waals surface area (Å²) in [5.41, 5.74) is 0.522. The summed E-state index contributed by atoms with van der Waals surface area (Å²) in [4.78, 5) is 29.9. The molecule has 36 heavy (non-hydrogen) atoms. The van der Waals surface area contributed by atoms with Gasteiger partial charge in [-0.3, -0.25) is 9.80 Å². The number of hydrogen-bond donors (Lipinski definition) is 0. The Balaban J connectivity index is 2.50. The topological polar surface area (TPSA) is 59.1 Å². The summed E-state index contributed by atoms with van der Waals surface area (Å²) in [5.74, 6) is -0.966. The van der Waals surface area contributed by atoms with Crippen molar-refractivity contribution >= 4 is 11.9 Å². The van der Waals surface area contributed by atoms with E-state index >= 15 is 0 Å². The molecular weight excluding hydrogens is 452 g/mol. The Morgan fingerprint density at radius 1 is 0.583 bits per heavy atom. The Kier molecular flexibility index (Phi) is 18.9. The van der Waals surface area contributed by atoms with Gasteiger partial charge in [-0.25, -0.2) is 9.59 Å². The van der Waals surface area contributed by atoms with Crippen molar-refractivity contribution in [3.8, 4) is 0 Å². The molecule has 0 atom stereocenters. The molecule has 0 N–H and O–H groups in total. The van der Waals surface area contributed by atoms with E-state index in [0.29, 0.717) is 0 Å². The lowest BCUT2D eigenvalue weighted by Gasteiger charge is -2.21. The highest BCUT2D eigenvalue weighted by molar-refractivity contribution is 6.03. The van der Waals surface area contributed by atoms with E-state index in [1.54, 1.807) is 24.3 Å². The molecule has 6 nitrogen and oxygen atoms in total. The minimum absolute atomic E-state index is 0.232. The molecule has 0 saturated carbocycles. The van der Waals surface area contributed by atoms with Gasteiger partial charge in [0.25, 0.3) is 0 Å². The molecule has 0 aromatic heterocycles. The molecule has 0 amide bonds. The third-order valence-corrected chi connectivity index (χ3v) is 6.67. The fourth-order valence-corrected chi connectivity index (χ4v) is 4.15. The average Bonchev–Trinajstić information content (AvgIpc) is 2.91. The Labute approximate surface area is 220 Å². The van der Waals surface area contributed by atoms with Crippen LogP contribution in [0.3, 0.4) is 0 Å². The first-order valence-electron chi connectivity index (χ1n) is 14.4. The molecule has 0 fully saturated rings. The fraction of sp³-hybridized carbons (Fsp3) is 0.733. The first-order chi connectivity index (χ1) is 17.6. The zero-order valence-corrected chi connectivity index (χ0v) is 23.6. The van der Waals surface area contributed by atoms with Gasteiger partial charge in [-0.05, 0) is 38.1 Å². The molecule has 0 aliphatic heterocycles. The number of hydrogen-bond acceptors (Lipinski definition) is 6. The maximum Gasteiger partial charge on any atom is 0.340 e. The normalized spacial score (nSPS) is 11.3. The highest BCUT2D eigenvalue weighted by atomic mass is 16.6. The van der Waals surface area contributed by atoms with Gasteiger partial charge in [0.05, 0.1) is 11.1 Å². The second-order valence-electron chi connectivity index (χ2n) is 9.62. The van der Waals surface area contributed by atoms with Gasteiger partial charge in [-0.1, -0.05) is 104 Å². The second-order valence-corrected chi connectivity index (χ2v) is 9.62. The molecule has 0 aliphatic carbocycles. The number of ether oxygens (including phenoxy) is 2. The van der Waals surface area contributed by atoms with Crippen molar-refractivity contribution in [1.82, 2.24) is 9.80 Å². The van der Waals surface area contributed by atoms with Gasteiger partial charge in [-0.2, -0.15) is 0 Å². The monoisotopic (exact) mass is 504 g/mol. The van der Waals surface area contributed by atoms with E-state index in [0.717, 1.165) is 39.0 Å². The molecule has 0 bridgehead atoms. The molecule has 1 aromatic rings. The van der Waals surface area contributed by atoms with E-state index in [9.17, 15) is 9.59 Å². The number of esters is 2. The minimum Gasteiger partial charge on any atom is -0.446 e. The number of unbranched alkanes of at least 4 members (excludes halogenated alkanes) is 10. The summed E-state index contributed by atoms with van der Waals surface area (Å²) in [7, 11) is 0. The molecular formula is C30H52N2O4. The number of benzene rings is 1. The van der Waals surface area contributed by atoms with Gasteiger partial charge < -0.3 is 9.47 Å². The summed E-state index contributed by atoms with van der Waals surface area (Å²) in [5, 5.41) is 0. The average molecular weight is 505 g/mol. The zero-order valence-electron chi connectivity index (χ0n) is 23.6. The molecule has 0 spiro atoms. The van der Waals surface area contributed by atoms with Gasteiger partial charge in [0.15, 0.2) is 0 Å². The van der Waals surface area contributed by atoms with Crippen molar-refractivity contribution in [1.29, 1.82) is 0 Å². The van der Waals surface area contributed by atoms with Crippen LogP contribution in [0.15, 0.2) is 24.3 Å². The summed E-state index contributed by atoms with van der Waals surface area (Å²) in [6, 6.07) is 6.77. The molecule has 1 rings (SSSR count). The van der Waals surface area contributed by atoms with Crippen molar-refractivity contribution in [2.75, 3.05) is 39.6 Å². The molecule has 0 saturated heterocycles. The molecule has 0 radical (unpaired) electrons. The number of nitrogens with zero attached hydrogens (tertiary/aromatic N) is 2. The van der Waals surface area contributed by atoms with Crippen molar-refractivity contribution in [3.05, 3.63) is 35.4 Å². The zero-order chi connectivity index (χ0) is 26.4. The highest BCUT2D eigenvalue weighted by Gasteiger charge is 2.20. The van der Waals surface area contributed by atoms with Crippen LogP contribution in [0.1, 0.15) is 125 Å². The van der Waals surface area contributed by atoms with E-state index in [1.807, 2.05) is 0 Å². The SMILES string of the molecule is CCCCCCCCN(CC)COC(=O)c1ccccc1C(=O)OCN(CC)CCCCCCCC. The van der Waals surface area contributed by atoms with Crippen LogP contribution in [-0.4, -0.2) is 61.4 Å². The maximum atomic E-state index is 12.8. The largest absolute Gasteiger partial charge is 0.446 e. The first kappa shape index (κ1) is 32.1. The molecule has 0 aliphatic rings. The Morgan fingerprint density at radius 3 is 1.31 bits per heavy atom. The summed E-state index contributed by atoms with van der Waals surface area (Å²) in [6.07, 6.45) is 14.8. The molecule has 6 heteroatoms. The Hall–Kier alpha value is -1.92. The van der Waals surface area contributed by atoms with E-state index in [4.69, 9.17) is 9.47 Å². The molecule has 1 aromatic carbocycles. The van der Waals surface area contributed by atoms with Crippen LogP contribution in [0.4, 0.5) is 0 Å². The second kappa shape index (κ2) is 21.2. The standard InChI is InChI=1S/C30H52N2O4/c1-5-9-11-13-15-19-23-31(7-3)25-35-29(33)27-21-17-18-22-28(27)30(34)36-26-32(8-4)24-20-16-14-12-10-6-2/h17-18,21-22H,5-16,19-20,23-26H2,1-4H3. The van der Waals surface area contributed by atoms with Gasteiger partial charge in [0, 0.05) is 13.1 Å². The Morgan fingerprint density at radius 2 is 0.944 bits per heavy atom. The molecule has 206 valence electrons. The first-order valence-corrected chi connectivity index (χ1v) is 14.4. The third-order valence-electron chi connectivity index (χ3n) is 6.67. The lowest BCUT2D eigenvalue weighted by Crippen LogP contribution is -2.30.